The molecular weight excluding hydrogens is 372 g/mol. The second-order valence-electron chi connectivity index (χ2n) is 7.13. The molecule has 29 heavy (non-hydrogen) atoms. The summed E-state index contributed by atoms with van der Waals surface area (Å²) in [6, 6.07) is 6.70. The van der Waals surface area contributed by atoms with Crippen LogP contribution in [-0.4, -0.2) is 57.9 Å². The summed E-state index contributed by atoms with van der Waals surface area (Å²) in [6.45, 7) is 2.02. The minimum atomic E-state index is -0.634. The Morgan fingerprint density at radius 3 is 2.72 bits per heavy atom. The molecule has 1 aromatic carbocycles. The quantitative estimate of drug-likeness (QED) is 0.552. The average molecular weight is 392 g/mol. The fourth-order valence-electron chi connectivity index (χ4n) is 4.06. The first-order valence-corrected chi connectivity index (χ1v) is 9.37. The van der Waals surface area contributed by atoms with Gasteiger partial charge in [0.1, 0.15) is 5.69 Å². The lowest BCUT2D eigenvalue weighted by molar-refractivity contribution is 0.0364. The van der Waals surface area contributed by atoms with Gasteiger partial charge in [0.05, 0.1) is 35.7 Å². The second-order valence-corrected chi connectivity index (χ2v) is 7.13. The maximum Gasteiger partial charge on any atom is 0.334 e. The minimum Gasteiger partial charge on any atom is -0.379 e. The van der Waals surface area contributed by atoms with E-state index < -0.39 is 6.03 Å². The van der Waals surface area contributed by atoms with Crippen LogP contribution in [0.4, 0.5) is 10.5 Å². The lowest BCUT2D eigenvalue weighted by Gasteiger charge is -2.36. The van der Waals surface area contributed by atoms with Crippen molar-refractivity contribution in [1.82, 2.24) is 19.8 Å². The zero-order valence-corrected chi connectivity index (χ0v) is 15.9. The highest BCUT2D eigenvalue weighted by atomic mass is 16.5. The van der Waals surface area contributed by atoms with E-state index in [2.05, 4.69) is 10.2 Å². The number of benzene rings is 1. The van der Waals surface area contributed by atoms with Crippen LogP contribution in [0.5, 0.6) is 0 Å². The van der Waals surface area contributed by atoms with Gasteiger partial charge in [-0.15, -0.1) is 0 Å². The van der Waals surface area contributed by atoms with Gasteiger partial charge in [-0.2, -0.15) is 5.10 Å². The highest BCUT2D eigenvalue weighted by Crippen LogP contribution is 2.44. The van der Waals surface area contributed by atoms with Crippen LogP contribution in [0.15, 0.2) is 36.7 Å². The maximum absolute atomic E-state index is 13.5. The number of hydrogen-bond acceptors (Lipinski definition) is 5. The van der Waals surface area contributed by atoms with E-state index in [0.717, 1.165) is 11.1 Å². The number of primary amides is 1. The van der Waals surface area contributed by atoms with Crippen molar-refractivity contribution in [1.29, 1.82) is 0 Å². The van der Waals surface area contributed by atoms with Gasteiger partial charge >= 0.3 is 6.03 Å². The number of carbonyl (C=O) groups excluding carboxylic acids is 2. The number of hydrogen-bond donors (Lipinski definition) is 2. The van der Waals surface area contributed by atoms with Crippen molar-refractivity contribution in [2.24, 2.45) is 12.8 Å². The van der Waals surface area contributed by atoms with Crippen LogP contribution in [0.3, 0.4) is 0 Å². The van der Waals surface area contributed by atoms with Gasteiger partial charge in [0, 0.05) is 43.7 Å². The first-order chi connectivity index (χ1) is 14.1. The Labute approximate surface area is 166 Å². The Morgan fingerprint density at radius 1 is 1.24 bits per heavy atom. The van der Waals surface area contributed by atoms with E-state index in [1.54, 1.807) is 6.07 Å². The van der Waals surface area contributed by atoms with Crippen molar-refractivity contribution in [3.8, 4) is 22.5 Å². The fourth-order valence-corrected chi connectivity index (χ4v) is 4.06. The Hall–Kier alpha value is -3.43. The number of nitrogens with zero attached hydrogens (tertiary/aromatic N) is 4. The molecule has 1 aliphatic heterocycles. The van der Waals surface area contributed by atoms with Crippen LogP contribution in [0.1, 0.15) is 15.9 Å². The average Bonchev–Trinajstić information content (AvgIpc) is 3.40. The number of amides is 2. The Bertz CT molecular complexity index is 1130. The molecule has 2 amide bonds. The van der Waals surface area contributed by atoms with Crippen LogP contribution in [-0.2, 0) is 11.8 Å². The molecule has 1 aliphatic carbocycles. The number of urea groups is 1. The van der Waals surface area contributed by atoms with E-state index in [0.29, 0.717) is 54.5 Å². The number of hydrazine groups is 1. The van der Waals surface area contributed by atoms with Gasteiger partial charge in [0.15, 0.2) is 5.78 Å². The molecule has 1 saturated heterocycles. The zero-order valence-electron chi connectivity index (χ0n) is 15.9. The molecule has 2 aliphatic rings. The van der Waals surface area contributed by atoms with Crippen molar-refractivity contribution < 1.29 is 14.3 Å². The van der Waals surface area contributed by atoms with Crippen LogP contribution >= 0.6 is 0 Å². The molecular formula is C20H20N6O3. The second kappa shape index (κ2) is 6.57. The molecule has 2 aromatic heterocycles. The number of ketones is 1. The summed E-state index contributed by atoms with van der Waals surface area (Å²) in [7, 11) is 1.91. The number of nitrogens with one attached hydrogen (secondary N) is 1. The summed E-state index contributed by atoms with van der Waals surface area (Å²) in [4.78, 5) is 25.8. The Morgan fingerprint density at radius 2 is 2.03 bits per heavy atom. The molecule has 0 atom stereocenters. The number of nitrogens with two attached hydrogens (primary N) is 1. The Balaban J connectivity index is 1.63. The summed E-state index contributed by atoms with van der Waals surface area (Å²) < 4.78 is 7.29. The highest BCUT2D eigenvalue weighted by molar-refractivity contribution is 6.27. The maximum atomic E-state index is 13.5. The number of fused-ring (bicyclic) bond motifs is 3. The molecule has 3 aromatic rings. The van der Waals surface area contributed by atoms with Gasteiger partial charge in [-0.25, -0.2) is 14.8 Å². The summed E-state index contributed by atoms with van der Waals surface area (Å²) >= 11 is 0. The smallest absolute Gasteiger partial charge is 0.334 e. The summed E-state index contributed by atoms with van der Waals surface area (Å²) in [5.41, 5.74) is 10.0. The first-order valence-electron chi connectivity index (χ1n) is 9.37. The van der Waals surface area contributed by atoms with Gasteiger partial charge in [-0.05, 0) is 12.1 Å². The molecule has 5 rings (SSSR count). The molecule has 9 nitrogen and oxygen atoms in total. The number of anilines is 1. The van der Waals surface area contributed by atoms with Crippen LogP contribution in [0.2, 0.25) is 0 Å². The standard InChI is InChI=1S/C20H20N6O3/c1-24-6-5-12(11-24)17-16-18(23-22-17)13-3-2-4-14(15(13)19(16)27)26(20(21)28)25-7-9-29-10-8-25/h2-6,11H,7-10H2,1H3,(H2,21,28)(H,22,23). The molecule has 0 unspecified atom stereocenters. The molecule has 0 radical (unpaired) electrons. The number of aromatic nitrogens is 3. The van der Waals surface area contributed by atoms with Crippen LogP contribution in [0, 0.1) is 0 Å². The third-order valence-corrected chi connectivity index (χ3v) is 5.34. The first kappa shape index (κ1) is 17.7. The predicted molar refractivity (Wildman–Crippen MR) is 106 cm³/mol. The monoisotopic (exact) mass is 392 g/mol. The van der Waals surface area contributed by atoms with Crippen LogP contribution in [0.25, 0.3) is 22.5 Å². The van der Waals surface area contributed by atoms with Gasteiger partial charge in [-0.3, -0.25) is 9.89 Å². The van der Waals surface area contributed by atoms with Crippen molar-refractivity contribution in [2.75, 3.05) is 31.3 Å². The minimum absolute atomic E-state index is 0.169. The van der Waals surface area contributed by atoms with Crippen molar-refractivity contribution in [3.63, 3.8) is 0 Å². The number of morpholine rings is 1. The Kier molecular flexibility index (Phi) is 4.00. The van der Waals surface area contributed by atoms with Crippen molar-refractivity contribution >= 4 is 17.5 Å². The molecule has 0 spiro atoms. The molecule has 0 bridgehead atoms. The third-order valence-electron chi connectivity index (χ3n) is 5.34. The molecule has 148 valence electrons. The number of rotatable bonds is 3. The molecule has 3 heterocycles. The highest BCUT2D eigenvalue weighted by Gasteiger charge is 2.37. The number of ether oxygens (including phenoxy) is 1. The van der Waals surface area contributed by atoms with E-state index in [1.165, 1.54) is 5.01 Å². The predicted octanol–water partition coefficient (Wildman–Crippen LogP) is 1.76. The lowest BCUT2D eigenvalue weighted by Crippen LogP contribution is -2.54. The van der Waals surface area contributed by atoms with Gasteiger partial charge in [-0.1, -0.05) is 12.1 Å². The van der Waals surface area contributed by atoms with E-state index in [9.17, 15) is 9.59 Å². The summed E-state index contributed by atoms with van der Waals surface area (Å²) in [5.74, 6) is -0.169. The van der Waals surface area contributed by atoms with Gasteiger partial charge in [0.2, 0.25) is 0 Å². The largest absolute Gasteiger partial charge is 0.379 e. The zero-order chi connectivity index (χ0) is 20.1. The summed E-state index contributed by atoms with van der Waals surface area (Å²) in [6.07, 6.45) is 3.82. The molecule has 3 N–H and O–H groups in total. The van der Waals surface area contributed by atoms with E-state index >= 15 is 0 Å². The SMILES string of the molecule is Cn1ccc(-c2n[nH]c3c2C(=O)c2c-3cccc2N(C(N)=O)N2CCOCC2)c1. The lowest BCUT2D eigenvalue weighted by atomic mass is 10.0. The third kappa shape index (κ3) is 2.66. The topological polar surface area (TPSA) is 109 Å². The van der Waals surface area contributed by atoms with Gasteiger partial charge < -0.3 is 15.0 Å². The number of carbonyl (C=O) groups is 2. The van der Waals surface area contributed by atoms with E-state index in [-0.39, 0.29) is 5.78 Å². The van der Waals surface area contributed by atoms with Crippen molar-refractivity contribution in [3.05, 3.63) is 47.8 Å². The number of aryl methyl sites for hydroxylation is 1. The van der Waals surface area contributed by atoms with E-state index in [1.807, 2.05) is 47.2 Å². The number of aromatic amines is 1. The number of H-pyrrole nitrogens is 1. The molecule has 0 saturated carbocycles. The summed E-state index contributed by atoms with van der Waals surface area (Å²) in [5, 5.41) is 10.6. The van der Waals surface area contributed by atoms with Gasteiger partial charge in [0.25, 0.3) is 0 Å². The molecule has 9 heteroatoms. The fraction of sp³-hybridized carbons (Fsp3) is 0.250. The molecule has 1 fully saturated rings. The van der Waals surface area contributed by atoms with E-state index in [4.69, 9.17) is 10.5 Å². The van der Waals surface area contributed by atoms with Crippen LogP contribution < -0.4 is 10.7 Å². The van der Waals surface area contributed by atoms with Crippen molar-refractivity contribution in [2.45, 2.75) is 0 Å². The normalized spacial score (nSPS) is 16.0.